The van der Waals surface area contributed by atoms with E-state index in [1.54, 1.807) is 25.1 Å². The molecule has 1 aromatic carbocycles. The highest BCUT2D eigenvalue weighted by molar-refractivity contribution is 6.31. The average Bonchev–Trinajstić information content (AvgIpc) is 2.33. The van der Waals surface area contributed by atoms with Crippen molar-refractivity contribution in [1.82, 2.24) is 5.32 Å². The molecule has 0 saturated carbocycles. The minimum absolute atomic E-state index is 0.133. The summed E-state index contributed by atoms with van der Waals surface area (Å²) in [5, 5.41) is 13.5. The number of rotatable bonds is 6. The Morgan fingerprint density at radius 2 is 2.16 bits per heavy atom. The first-order chi connectivity index (χ1) is 8.95. The third-order valence-corrected chi connectivity index (χ3v) is 2.82. The van der Waals surface area contributed by atoms with Gasteiger partial charge in [0.25, 0.3) is 0 Å². The lowest BCUT2D eigenvalue weighted by Gasteiger charge is -2.14. The molecule has 0 amide bonds. The second kappa shape index (κ2) is 6.84. The number of amidine groups is 1. The van der Waals surface area contributed by atoms with E-state index in [-0.39, 0.29) is 12.4 Å². The predicted molar refractivity (Wildman–Crippen MR) is 78.1 cm³/mol. The Morgan fingerprint density at radius 3 is 2.74 bits per heavy atom. The number of hydrogen-bond acceptors (Lipinski definition) is 4. The summed E-state index contributed by atoms with van der Waals surface area (Å²) in [5.74, 6) is -0.133. The van der Waals surface area contributed by atoms with Crippen LogP contribution in [0.1, 0.15) is 6.92 Å². The zero-order chi connectivity index (χ0) is 14.4. The van der Waals surface area contributed by atoms with Crippen LogP contribution in [0, 0.1) is 5.41 Å². The molecule has 0 bridgehead atoms. The van der Waals surface area contributed by atoms with Gasteiger partial charge in [0.15, 0.2) is 6.80 Å². The van der Waals surface area contributed by atoms with Crippen LogP contribution >= 0.6 is 11.6 Å². The first-order valence-electron chi connectivity index (χ1n) is 5.58. The van der Waals surface area contributed by atoms with Gasteiger partial charge in [0.05, 0.1) is 11.4 Å². The molecule has 0 spiro atoms. The van der Waals surface area contributed by atoms with Crippen molar-refractivity contribution in [3.05, 3.63) is 34.5 Å². The zero-order valence-corrected chi connectivity index (χ0v) is 11.3. The molecule has 0 atom stereocenters. The van der Waals surface area contributed by atoms with Gasteiger partial charge < -0.3 is 22.1 Å². The maximum atomic E-state index is 12.2. The molecule has 104 valence electrons. The molecule has 7 N–H and O–H groups in total. The first-order valence-corrected chi connectivity index (χ1v) is 5.96. The van der Waals surface area contributed by atoms with Gasteiger partial charge in [-0.2, -0.15) is 0 Å². The van der Waals surface area contributed by atoms with Gasteiger partial charge in [-0.05, 0) is 25.1 Å². The average molecular weight is 286 g/mol. The van der Waals surface area contributed by atoms with E-state index in [9.17, 15) is 4.39 Å². The molecule has 0 aromatic heterocycles. The van der Waals surface area contributed by atoms with Crippen LogP contribution in [0.3, 0.4) is 0 Å². The number of anilines is 2. The van der Waals surface area contributed by atoms with Crippen LogP contribution in [0.2, 0.25) is 5.02 Å². The fourth-order valence-electron chi connectivity index (χ4n) is 1.50. The lowest BCUT2D eigenvalue weighted by molar-refractivity contribution is 0.454. The lowest BCUT2D eigenvalue weighted by Crippen LogP contribution is -2.25. The highest BCUT2D eigenvalue weighted by Gasteiger charge is 2.08. The van der Waals surface area contributed by atoms with E-state index in [1.807, 2.05) is 0 Å². The zero-order valence-electron chi connectivity index (χ0n) is 10.6. The van der Waals surface area contributed by atoms with Crippen LogP contribution in [0.5, 0.6) is 0 Å². The monoisotopic (exact) mass is 285 g/mol. The van der Waals surface area contributed by atoms with Crippen molar-refractivity contribution < 1.29 is 4.39 Å². The van der Waals surface area contributed by atoms with Gasteiger partial charge in [0.1, 0.15) is 5.84 Å². The van der Waals surface area contributed by atoms with Gasteiger partial charge in [-0.3, -0.25) is 5.41 Å². The van der Waals surface area contributed by atoms with E-state index in [0.29, 0.717) is 27.7 Å². The summed E-state index contributed by atoms with van der Waals surface area (Å²) in [6, 6.07) is 5.03. The fourth-order valence-corrected chi connectivity index (χ4v) is 1.67. The van der Waals surface area contributed by atoms with E-state index in [2.05, 4.69) is 10.6 Å². The summed E-state index contributed by atoms with van der Waals surface area (Å²) in [5.41, 5.74) is 13.4. The Bertz CT molecular complexity index is 501. The molecule has 0 unspecified atom stereocenters. The van der Waals surface area contributed by atoms with Crippen LogP contribution in [0.15, 0.2) is 29.5 Å². The molecule has 0 radical (unpaired) electrons. The molecule has 0 saturated heterocycles. The molecule has 0 fully saturated rings. The van der Waals surface area contributed by atoms with E-state index in [4.69, 9.17) is 28.5 Å². The number of nitrogens with two attached hydrogens (primary N) is 2. The van der Waals surface area contributed by atoms with Crippen LogP contribution < -0.4 is 22.1 Å². The van der Waals surface area contributed by atoms with Crippen molar-refractivity contribution >= 4 is 28.8 Å². The van der Waals surface area contributed by atoms with Gasteiger partial charge >= 0.3 is 0 Å². The lowest BCUT2D eigenvalue weighted by atomic mass is 10.2. The van der Waals surface area contributed by atoms with E-state index < -0.39 is 6.80 Å². The van der Waals surface area contributed by atoms with Crippen LogP contribution in [0.4, 0.5) is 15.8 Å². The summed E-state index contributed by atoms with van der Waals surface area (Å²) >= 11 is 5.87. The number of allylic oxidation sites excluding steroid dienone is 1. The number of benzene rings is 1. The molecular weight excluding hydrogens is 269 g/mol. The molecule has 1 rings (SSSR count). The molecule has 5 nitrogen and oxygen atoms in total. The largest absolute Gasteiger partial charge is 0.397 e. The maximum Gasteiger partial charge on any atom is 0.159 e. The number of alkyl halides is 1. The smallest absolute Gasteiger partial charge is 0.159 e. The Balaban J connectivity index is 2.85. The van der Waals surface area contributed by atoms with Gasteiger partial charge in [0.2, 0.25) is 0 Å². The van der Waals surface area contributed by atoms with Gasteiger partial charge in [0, 0.05) is 22.8 Å². The van der Waals surface area contributed by atoms with Crippen LogP contribution in [0.25, 0.3) is 0 Å². The fraction of sp³-hybridized carbons (Fsp3) is 0.250. The van der Waals surface area contributed by atoms with Crippen LogP contribution in [-0.4, -0.2) is 19.2 Å². The highest BCUT2D eigenvalue weighted by atomic mass is 35.5. The van der Waals surface area contributed by atoms with E-state index in [0.717, 1.165) is 0 Å². The second-order valence-corrected chi connectivity index (χ2v) is 4.35. The number of nitrogens with one attached hydrogen (secondary N) is 3. The van der Waals surface area contributed by atoms with Crippen molar-refractivity contribution in [2.75, 3.05) is 24.4 Å². The summed E-state index contributed by atoms with van der Waals surface area (Å²) < 4.78 is 12.2. The third kappa shape index (κ3) is 4.33. The van der Waals surface area contributed by atoms with Crippen molar-refractivity contribution in [2.45, 2.75) is 6.92 Å². The van der Waals surface area contributed by atoms with Crippen molar-refractivity contribution in [3.63, 3.8) is 0 Å². The Morgan fingerprint density at radius 1 is 1.47 bits per heavy atom. The van der Waals surface area contributed by atoms with Crippen LogP contribution in [-0.2, 0) is 0 Å². The summed E-state index contributed by atoms with van der Waals surface area (Å²) in [6.45, 7) is 1.18. The second-order valence-electron chi connectivity index (χ2n) is 3.91. The summed E-state index contributed by atoms with van der Waals surface area (Å²) in [7, 11) is 0. The molecule has 0 aliphatic carbocycles. The molecule has 1 aromatic rings. The molecule has 0 heterocycles. The SMILES string of the molecule is C/C(NCF)=C(/CNc1cc(Cl)ccc1N)C(=N)N. The molecule has 19 heavy (non-hydrogen) atoms. The number of hydrogen-bond donors (Lipinski definition) is 5. The topological polar surface area (TPSA) is 100.0 Å². The quantitative estimate of drug-likeness (QED) is 0.239. The Kier molecular flexibility index (Phi) is 5.44. The minimum atomic E-state index is -0.720. The number of nitrogen functional groups attached to an aromatic ring is 1. The first kappa shape index (κ1) is 15.1. The highest BCUT2D eigenvalue weighted by Crippen LogP contribution is 2.23. The maximum absolute atomic E-state index is 12.2. The van der Waals surface area contributed by atoms with Gasteiger partial charge in [-0.1, -0.05) is 11.6 Å². The molecular formula is C12H17ClFN5. The third-order valence-electron chi connectivity index (χ3n) is 2.58. The summed E-state index contributed by atoms with van der Waals surface area (Å²) in [6.07, 6.45) is 0. The van der Waals surface area contributed by atoms with E-state index >= 15 is 0 Å². The normalized spacial score (nSPS) is 11.7. The minimum Gasteiger partial charge on any atom is -0.397 e. The molecule has 0 aliphatic heterocycles. The van der Waals surface area contributed by atoms with Gasteiger partial charge in [-0.25, -0.2) is 4.39 Å². The van der Waals surface area contributed by atoms with Crippen molar-refractivity contribution in [3.8, 4) is 0 Å². The van der Waals surface area contributed by atoms with E-state index in [1.165, 1.54) is 0 Å². The van der Waals surface area contributed by atoms with Gasteiger partial charge in [-0.15, -0.1) is 0 Å². The standard InChI is InChI=1S/C12H17ClFN5/c1-7(19-6-14)9(12(16)17)5-18-11-4-8(13)2-3-10(11)15/h2-4,18-19H,5-6,15H2,1H3,(H3,16,17)/b9-7+. The molecule has 0 aliphatic rings. The summed E-state index contributed by atoms with van der Waals surface area (Å²) in [4.78, 5) is 0. The Labute approximate surface area is 116 Å². The van der Waals surface area contributed by atoms with Crippen molar-refractivity contribution in [2.24, 2.45) is 5.73 Å². The van der Waals surface area contributed by atoms with Crippen molar-refractivity contribution in [1.29, 1.82) is 5.41 Å². The predicted octanol–water partition coefficient (Wildman–Crippen LogP) is 2.06. The Hall–Kier alpha value is -1.95. The number of halogens is 2. The molecule has 7 heteroatoms.